The lowest BCUT2D eigenvalue weighted by Crippen LogP contribution is -2.17. The summed E-state index contributed by atoms with van der Waals surface area (Å²) < 4.78 is 0. The van der Waals surface area contributed by atoms with Crippen LogP contribution in [0.15, 0.2) is 16.6 Å². The lowest BCUT2D eigenvalue weighted by atomic mass is 9.85. The molecule has 70 valence electrons. The Balaban J connectivity index is 4.33. The van der Waals surface area contributed by atoms with Crippen LogP contribution in [0.5, 0.6) is 0 Å². The van der Waals surface area contributed by atoms with Gasteiger partial charge in [0.05, 0.1) is 0 Å². The molecule has 1 heteroatoms. The summed E-state index contributed by atoms with van der Waals surface area (Å²) in [5.41, 5.74) is 2.78. The molecule has 0 rings (SSSR count). The van der Waals surface area contributed by atoms with Gasteiger partial charge in [0.15, 0.2) is 0 Å². The minimum absolute atomic E-state index is 0.214. The number of hydrogen-bond donors (Lipinski definition) is 0. The molecule has 12 heavy (non-hydrogen) atoms. The topological polar surface area (TPSA) is 12.4 Å². The maximum absolute atomic E-state index is 4.44. The minimum atomic E-state index is 0.214. The van der Waals surface area contributed by atoms with E-state index in [-0.39, 0.29) is 5.41 Å². The standard InChI is InChI=1S/C11H21N/c1-7-10(4)11(5,6)8-12-9(2)3/h7H,8H2,1-6H3/b10-7+. The predicted octanol–water partition coefficient (Wildman–Crippen LogP) is 3.46. The second-order valence-corrected chi connectivity index (χ2v) is 4.12. The van der Waals surface area contributed by atoms with Crippen LogP contribution >= 0.6 is 0 Å². The first-order valence-corrected chi connectivity index (χ1v) is 4.51. The van der Waals surface area contributed by atoms with Crippen LogP contribution in [-0.2, 0) is 0 Å². The van der Waals surface area contributed by atoms with E-state index >= 15 is 0 Å². The molecule has 0 heterocycles. The second kappa shape index (κ2) is 4.44. The lowest BCUT2D eigenvalue weighted by Gasteiger charge is -2.23. The summed E-state index contributed by atoms with van der Waals surface area (Å²) in [6.07, 6.45) is 2.17. The van der Waals surface area contributed by atoms with Crippen LogP contribution in [-0.4, -0.2) is 12.3 Å². The monoisotopic (exact) mass is 167 g/mol. The van der Waals surface area contributed by atoms with Gasteiger partial charge in [-0.3, -0.25) is 4.99 Å². The van der Waals surface area contributed by atoms with Crippen molar-refractivity contribution in [2.75, 3.05) is 6.54 Å². The van der Waals surface area contributed by atoms with Crippen LogP contribution in [0.2, 0.25) is 0 Å². The van der Waals surface area contributed by atoms with Crippen LogP contribution in [0, 0.1) is 5.41 Å². The molecule has 0 saturated heterocycles. The summed E-state index contributed by atoms with van der Waals surface area (Å²) in [6.45, 7) is 13.7. The van der Waals surface area contributed by atoms with Gasteiger partial charge in [0.2, 0.25) is 0 Å². The number of allylic oxidation sites excluding steroid dienone is 1. The zero-order valence-electron chi connectivity index (χ0n) is 9.23. The maximum atomic E-state index is 4.44. The average molecular weight is 167 g/mol. The van der Waals surface area contributed by atoms with Gasteiger partial charge in [-0.1, -0.05) is 25.5 Å². The fraction of sp³-hybridized carbons (Fsp3) is 0.727. The fourth-order valence-corrected chi connectivity index (χ4v) is 0.871. The summed E-state index contributed by atoms with van der Waals surface area (Å²) in [5.74, 6) is 0. The molecule has 1 nitrogen and oxygen atoms in total. The van der Waals surface area contributed by atoms with Gasteiger partial charge in [0, 0.05) is 17.7 Å². The molecule has 0 amide bonds. The van der Waals surface area contributed by atoms with Gasteiger partial charge in [-0.15, -0.1) is 0 Å². The van der Waals surface area contributed by atoms with E-state index in [1.807, 2.05) is 13.8 Å². The Morgan fingerprint density at radius 3 is 2.08 bits per heavy atom. The Morgan fingerprint density at radius 2 is 1.75 bits per heavy atom. The molecule has 0 fully saturated rings. The van der Waals surface area contributed by atoms with E-state index < -0.39 is 0 Å². The molecule has 0 atom stereocenters. The molecule has 0 unspecified atom stereocenters. The molecule has 0 bridgehead atoms. The summed E-state index contributed by atoms with van der Waals surface area (Å²) in [7, 11) is 0. The summed E-state index contributed by atoms with van der Waals surface area (Å²) >= 11 is 0. The highest BCUT2D eigenvalue weighted by Gasteiger charge is 2.18. The highest BCUT2D eigenvalue weighted by molar-refractivity contribution is 5.79. The third-order valence-electron chi connectivity index (χ3n) is 2.29. The number of hydrogen-bond acceptors (Lipinski definition) is 1. The van der Waals surface area contributed by atoms with Crippen LogP contribution in [0.25, 0.3) is 0 Å². The predicted molar refractivity (Wildman–Crippen MR) is 56.9 cm³/mol. The van der Waals surface area contributed by atoms with Gasteiger partial charge in [-0.2, -0.15) is 0 Å². The zero-order valence-corrected chi connectivity index (χ0v) is 9.23. The first-order chi connectivity index (χ1) is 5.40. The van der Waals surface area contributed by atoms with Crippen molar-refractivity contribution in [1.29, 1.82) is 0 Å². The number of aliphatic imine (C=N–C) groups is 1. The first kappa shape index (κ1) is 11.4. The first-order valence-electron chi connectivity index (χ1n) is 4.51. The lowest BCUT2D eigenvalue weighted by molar-refractivity contribution is 0.461. The fourth-order valence-electron chi connectivity index (χ4n) is 0.871. The van der Waals surface area contributed by atoms with Gasteiger partial charge in [-0.25, -0.2) is 0 Å². The van der Waals surface area contributed by atoms with E-state index in [0.29, 0.717) is 0 Å². The largest absolute Gasteiger partial charge is 0.294 e. The highest BCUT2D eigenvalue weighted by atomic mass is 14.7. The summed E-state index contributed by atoms with van der Waals surface area (Å²) in [5, 5.41) is 0. The van der Waals surface area contributed by atoms with Gasteiger partial charge >= 0.3 is 0 Å². The van der Waals surface area contributed by atoms with Crippen molar-refractivity contribution in [3.05, 3.63) is 11.6 Å². The molecule has 0 N–H and O–H groups in total. The Kier molecular flexibility index (Phi) is 4.22. The van der Waals surface area contributed by atoms with Crippen LogP contribution in [0.1, 0.15) is 41.5 Å². The summed E-state index contributed by atoms with van der Waals surface area (Å²) in [6, 6.07) is 0. The Hall–Kier alpha value is -0.590. The third kappa shape index (κ3) is 3.70. The molecule has 0 spiro atoms. The van der Waals surface area contributed by atoms with E-state index in [0.717, 1.165) is 12.3 Å². The molecular formula is C11H21N. The van der Waals surface area contributed by atoms with Crippen LogP contribution < -0.4 is 0 Å². The number of rotatable bonds is 3. The van der Waals surface area contributed by atoms with Gasteiger partial charge in [-0.05, 0) is 27.7 Å². The van der Waals surface area contributed by atoms with Crippen molar-refractivity contribution in [3.63, 3.8) is 0 Å². The smallest absolute Gasteiger partial charge is 0.0476 e. The second-order valence-electron chi connectivity index (χ2n) is 4.12. The van der Waals surface area contributed by atoms with Crippen molar-refractivity contribution < 1.29 is 0 Å². The van der Waals surface area contributed by atoms with Gasteiger partial charge in [0.25, 0.3) is 0 Å². The molecule has 0 radical (unpaired) electrons. The highest BCUT2D eigenvalue weighted by Crippen LogP contribution is 2.25. The van der Waals surface area contributed by atoms with E-state index in [1.165, 1.54) is 5.57 Å². The Morgan fingerprint density at radius 1 is 1.25 bits per heavy atom. The Bertz CT molecular complexity index is 193. The zero-order chi connectivity index (χ0) is 9.78. The molecule has 0 aromatic rings. The van der Waals surface area contributed by atoms with E-state index in [1.54, 1.807) is 0 Å². The quantitative estimate of drug-likeness (QED) is 0.451. The molecule has 0 aliphatic rings. The third-order valence-corrected chi connectivity index (χ3v) is 2.29. The summed E-state index contributed by atoms with van der Waals surface area (Å²) in [4.78, 5) is 4.44. The molecule has 0 aromatic carbocycles. The maximum Gasteiger partial charge on any atom is 0.0476 e. The average Bonchev–Trinajstić information content (AvgIpc) is 1.99. The van der Waals surface area contributed by atoms with E-state index in [9.17, 15) is 0 Å². The molecular weight excluding hydrogens is 146 g/mol. The minimum Gasteiger partial charge on any atom is -0.294 e. The molecule has 0 saturated carbocycles. The van der Waals surface area contributed by atoms with Crippen molar-refractivity contribution in [1.82, 2.24) is 0 Å². The van der Waals surface area contributed by atoms with E-state index in [4.69, 9.17) is 0 Å². The van der Waals surface area contributed by atoms with Crippen molar-refractivity contribution >= 4 is 5.71 Å². The van der Waals surface area contributed by atoms with Crippen LogP contribution in [0.3, 0.4) is 0 Å². The van der Waals surface area contributed by atoms with Crippen LogP contribution in [0.4, 0.5) is 0 Å². The van der Waals surface area contributed by atoms with Gasteiger partial charge < -0.3 is 0 Å². The van der Waals surface area contributed by atoms with Crippen molar-refractivity contribution in [2.45, 2.75) is 41.5 Å². The molecule has 0 aliphatic heterocycles. The Labute approximate surface area is 76.6 Å². The van der Waals surface area contributed by atoms with E-state index in [2.05, 4.69) is 38.8 Å². The van der Waals surface area contributed by atoms with Crippen molar-refractivity contribution in [3.8, 4) is 0 Å². The van der Waals surface area contributed by atoms with Gasteiger partial charge in [0.1, 0.15) is 0 Å². The SMILES string of the molecule is C/C=C(\C)C(C)(C)CN=C(C)C. The molecule has 0 aliphatic carbocycles. The normalized spacial score (nSPS) is 13.0. The molecule has 0 aromatic heterocycles. The van der Waals surface area contributed by atoms with Crippen molar-refractivity contribution in [2.24, 2.45) is 10.4 Å². The number of nitrogens with zero attached hydrogens (tertiary/aromatic N) is 1.